The van der Waals surface area contributed by atoms with Crippen molar-refractivity contribution in [3.8, 4) is 0 Å². The van der Waals surface area contributed by atoms with Crippen LogP contribution >= 0.6 is 22.9 Å². The number of amides is 1. The van der Waals surface area contributed by atoms with Gasteiger partial charge in [-0.1, -0.05) is 56.5 Å². The van der Waals surface area contributed by atoms with Crippen molar-refractivity contribution >= 4 is 38.9 Å². The molecule has 1 atom stereocenters. The Morgan fingerprint density at radius 1 is 1.24 bits per heavy atom. The highest BCUT2D eigenvalue weighted by molar-refractivity contribution is 7.21. The molecule has 1 amide bonds. The quantitative estimate of drug-likeness (QED) is 0.747. The molecule has 114 valence electrons. The number of hydrogen-bond acceptors (Lipinski definition) is 2. The number of rotatable bonds is 6. The minimum absolute atomic E-state index is 0.0572. The largest absolute Gasteiger partial charge is 0.349 e. The molecule has 1 N–H and O–H groups in total. The lowest BCUT2D eigenvalue weighted by Crippen LogP contribution is -2.32. The second-order valence-electron chi connectivity index (χ2n) is 5.94. The lowest BCUT2D eigenvalue weighted by molar-refractivity contribution is 0.0942. The molecule has 0 unspecified atom stereocenters. The number of fused-ring (bicyclic) bond motifs is 1. The second-order valence-corrected chi connectivity index (χ2v) is 7.37. The van der Waals surface area contributed by atoms with E-state index in [-0.39, 0.29) is 11.9 Å². The summed E-state index contributed by atoms with van der Waals surface area (Å²) in [4.78, 5) is 13.0. The van der Waals surface area contributed by atoms with E-state index in [4.69, 9.17) is 11.6 Å². The van der Waals surface area contributed by atoms with Crippen LogP contribution in [0, 0.1) is 5.92 Å². The molecule has 0 aliphatic carbocycles. The third-order valence-corrected chi connectivity index (χ3v) is 5.21. The van der Waals surface area contributed by atoms with Gasteiger partial charge >= 0.3 is 0 Å². The predicted octanol–water partition coefficient (Wildman–Crippen LogP) is 5.50. The molecule has 0 radical (unpaired) electrons. The molecule has 1 aromatic carbocycles. The van der Waals surface area contributed by atoms with Gasteiger partial charge < -0.3 is 5.32 Å². The molecule has 0 saturated carbocycles. The maximum absolute atomic E-state index is 12.4. The van der Waals surface area contributed by atoms with E-state index in [1.54, 1.807) is 0 Å². The van der Waals surface area contributed by atoms with Crippen LogP contribution in [-0.2, 0) is 0 Å². The standard InChI is InChI=1S/C17H22ClNOS/c1-11(2)7-6-8-12(3)19-17(20)16-15(18)13-9-4-5-10-14(13)21-16/h4-5,9-12H,6-8H2,1-3H3,(H,19,20)/t12-/m0/s1. The molecule has 2 nitrogen and oxygen atoms in total. The number of thiophene rings is 1. The van der Waals surface area contributed by atoms with Crippen molar-refractivity contribution in [1.29, 1.82) is 0 Å². The van der Waals surface area contributed by atoms with Crippen LogP contribution in [-0.4, -0.2) is 11.9 Å². The summed E-state index contributed by atoms with van der Waals surface area (Å²) in [7, 11) is 0. The fourth-order valence-corrected chi connectivity index (χ4v) is 3.77. The Morgan fingerprint density at radius 2 is 1.95 bits per heavy atom. The topological polar surface area (TPSA) is 29.1 Å². The Kier molecular flexibility index (Phi) is 5.65. The van der Waals surface area contributed by atoms with E-state index in [2.05, 4.69) is 26.1 Å². The molecular formula is C17H22ClNOS. The molecule has 2 aromatic rings. The molecule has 0 saturated heterocycles. The Bertz CT molecular complexity index is 620. The zero-order valence-corrected chi connectivity index (χ0v) is 14.4. The molecule has 4 heteroatoms. The normalized spacial score (nSPS) is 12.8. The van der Waals surface area contributed by atoms with Crippen LogP contribution < -0.4 is 5.32 Å². The Balaban J connectivity index is 2.00. The first-order valence-corrected chi connectivity index (χ1v) is 8.66. The smallest absolute Gasteiger partial charge is 0.263 e. The number of carbonyl (C=O) groups excluding carboxylic acids is 1. The maximum atomic E-state index is 12.4. The summed E-state index contributed by atoms with van der Waals surface area (Å²) in [5, 5.41) is 4.59. The third-order valence-electron chi connectivity index (χ3n) is 3.54. The van der Waals surface area contributed by atoms with Crippen LogP contribution in [0.15, 0.2) is 24.3 Å². The average Bonchev–Trinajstić information content (AvgIpc) is 2.76. The van der Waals surface area contributed by atoms with Crippen LogP contribution in [0.2, 0.25) is 5.02 Å². The summed E-state index contributed by atoms with van der Waals surface area (Å²) < 4.78 is 1.06. The van der Waals surface area contributed by atoms with E-state index >= 15 is 0 Å². The summed E-state index contributed by atoms with van der Waals surface area (Å²) >= 11 is 7.79. The van der Waals surface area contributed by atoms with Crippen LogP contribution in [0.1, 0.15) is 49.7 Å². The van der Waals surface area contributed by atoms with Crippen molar-refractivity contribution in [2.45, 2.75) is 46.1 Å². The number of halogens is 1. The highest BCUT2D eigenvalue weighted by atomic mass is 35.5. The van der Waals surface area contributed by atoms with Gasteiger partial charge in [-0.3, -0.25) is 4.79 Å². The van der Waals surface area contributed by atoms with Crippen molar-refractivity contribution in [3.63, 3.8) is 0 Å². The van der Waals surface area contributed by atoms with Gasteiger partial charge in [-0.25, -0.2) is 0 Å². The lowest BCUT2D eigenvalue weighted by Gasteiger charge is -2.14. The highest BCUT2D eigenvalue weighted by Crippen LogP contribution is 2.35. The van der Waals surface area contributed by atoms with Crippen molar-refractivity contribution in [1.82, 2.24) is 5.32 Å². The van der Waals surface area contributed by atoms with Gasteiger partial charge in [0.25, 0.3) is 5.91 Å². The van der Waals surface area contributed by atoms with Gasteiger partial charge in [0.05, 0.1) is 5.02 Å². The molecule has 21 heavy (non-hydrogen) atoms. The van der Waals surface area contributed by atoms with E-state index < -0.39 is 0 Å². The van der Waals surface area contributed by atoms with Gasteiger partial charge in [-0.05, 0) is 25.3 Å². The van der Waals surface area contributed by atoms with E-state index in [1.165, 1.54) is 17.8 Å². The van der Waals surface area contributed by atoms with Crippen LogP contribution in [0.5, 0.6) is 0 Å². The summed E-state index contributed by atoms with van der Waals surface area (Å²) in [5.74, 6) is 0.656. The second kappa shape index (κ2) is 7.28. The van der Waals surface area contributed by atoms with E-state index in [0.717, 1.165) is 22.9 Å². The number of carbonyl (C=O) groups is 1. The molecule has 2 rings (SSSR count). The molecule has 1 aromatic heterocycles. The summed E-state index contributed by atoms with van der Waals surface area (Å²) in [6, 6.07) is 8.03. The van der Waals surface area contributed by atoms with E-state index in [1.807, 2.05) is 24.3 Å². The van der Waals surface area contributed by atoms with Gasteiger partial charge in [-0.15, -0.1) is 11.3 Å². The number of benzene rings is 1. The van der Waals surface area contributed by atoms with Crippen LogP contribution in [0.3, 0.4) is 0 Å². The Hall–Kier alpha value is -1.06. The summed E-state index contributed by atoms with van der Waals surface area (Å²) in [5.41, 5.74) is 0. The molecule has 0 bridgehead atoms. The van der Waals surface area contributed by atoms with Crippen LogP contribution in [0.25, 0.3) is 10.1 Å². The summed E-state index contributed by atoms with van der Waals surface area (Å²) in [6.45, 7) is 6.50. The fourth-order valence-electron chi connectivity index (χ4n) is 2.35. The van der Waals surface area contributed by atoms with Gasteiger partial charge in [-0.2, -0.15) is 0 Å². The van der Waals surface area contributed by atoms with E-state index in [9.17, 15) is 4.79 Å². The molecule has 0 fully saturated rings. The predicted molar refractivity (Wildman–Crippen MR) is 92.5 cm³/mol. The van der Waals surface area contributed by atoms with Crippen molar-refractivity contribution in [3.05, 3.63) is 34.2 Å². The molecule has 0 aliphatic heterocycles. The molecular weight excluding hydrogens is 302 g/mol. The zero-order chi connectivity index (χ0) is 15.4. The van der Waals surface area contributed by atoms with Gasteiger partial charge in [0.1, 0.15) is 4.88 Å². The van der Waals surface area contributed by atoms with Crippen molar-refractivity contribution in [2.75, 3.05) is 0 Å². The first-order chi connectivity index (χ1) is 9.99. The number of nitrogens with one attached hydrogen (secondary N) is 1. The van der Waals surface area contributed by atoms with Crippen molar-refractivity contribution in [2.24, 2.45) is 5.92 Å². The third kappa shape index (κ3) is 4.21. The van der Waals surface area contributed by atoms with Gasteiger partial charge in [0.2, 0.25) is 0 Å². The number of hydrogen-bond donors (Lipinski definition) is 1. The maximum Gasteiger partial charge on any atom is 0.263 e. The monoisotopic (exact) mass is 323 g/mol. The molecule has 1 heterocycles. The average molecular weight is 324 g/mol. The SMILES string of the molecule is CC(C)CCC[C@H](C)NC(=O)c1sc2ccccc2c1Cl. The first kappa shape index (κ1) is 16.3. The fraction of sp³-hybridized carbons (Fsp3) is 0.471. The van der Waals surface area contributed by atoms with Crippen molar-refractivity contribution < 1.29 is 4.79 Å². The lowest BCUT2D eigenvalue weighted by atomic mass is 10.0. The minimum Gasteiger partial charge on any atom is -0.349 e. The Morgan fingerprint density at radius 3 is 2.62 bits per heavy atom. The van der Waals surface area contributed by atoms with Crippen LogP contribution in [0.4, 0.5) is 0 Å². The first-order valence-electron chi connectivity index (χ1n) is 7.47. The summed E-state index contributed by atoms with van der Waals surface area (Å²) in [6.07, 6.45) is 3.34. The molecule has 0 aliphatic rings. The molecule has 0 spiro atoms. The highest BCUT2D eigenvalue weighted by Gasteiger charge is 2.18. The van der Waals surface area contributed by atoms with E-state index in [0.29, 0.717) is 15.8 Å². The van der Waals surface area contributed by atoms with Gasteiger partial charge in [0.15, 0.2) is 0 Å². The Labute approximate surface area is 135 Å². The zero-order valence-electron chi connectivity index (χ0n) is 12.8. The minimum atomic E-state index is -0.0572. The van der Waals surface area contributed by atoms with Gasteiger partial charge in [0, 0.05) is 16.1 Å².